The average molecular weight is 311 g/mol. The smallest absolute Gasteiger partial charge is 0.239 e. The van der Waals surface area contributed by atoms with Crippen LogP contribution in [0.2, 0.25) is 0 Å². The molecule has 2 fully saturated rings. The van der Waals surface area contributed by atoms with Crippen molar-refractivity contribution in [3.8, 4) is 0 Å². The van der Waals surface area contributed by atoms with Crippen LogP contribution in [0.1, 0.15) is 25.7 Å². The number of nitrogens with zero attached hydrogens (tertiary/aromatic N) is 3. The molecule has 0 aromatic carbocycles. The number of carbonyl (C=O) groups is 1. The van der Waals surface area contributed by atoms with Gasteiger partial charge in [-0.25, -0.2) is 9.97 Å². The topological polar surface area (TPSA) is 58.1 Å². The van der Waals surface area contributed by atoms with Crippen LogP contribution >= 0.6 is 15.9 Å². The lowest BCUT2D eigenvalue weighted by atomic mass is 9.87. The summed E-state index contributed by atoms with van der Waals surface area (Å²) in [5.74, 6) is 0.731. The fraction of sp³-hybridized carbons (Fsp3) is 0.583. The lowest BCUT2D eigenvalue weighted by Gasteiger charge is -2.43. The maximum atomic E-state index is 11.8. The van der Waals surface area contributed by atoms with Gasteiger partial charge in [0.15, 0.2) is 0 Å². The average Bonchev–Trinajstić information content (AvgIpc) is 2.38. The van der Waals surface area contributed by atoms with E-state index in [1.165, 1.54) is 12.8 Å². The first-order valence-corrected chi connectivity index (χ1v) is 7.07. The maximum absolute atomic E-state index is 11.8. The second-order valence-electron chi connectivity index (χ2n) is 4.85. The van der Waals surface area contributed by atoms with Crippen molar-refractivity contribution in [3.63, 3.8) is 0 Å². The number of nitrogens with one attached hydrogen (secondary N) is 1. The molecular formula is C12H15BrN4O. The van der Waals surface area contributed by atoms with Crippen molar-refractivity contribution in [2.24, 2.45) is 0 Å². The summed E-state index contributed by atoms with van der Waals surface area (Å²) in [5, 5.41) is 3.08. The second kappa shape index (κ2) is 4.84. The Labute approximate surface area is 114 Å². The molecule has 6 heteroatoms. The van der Waals surface area contributed by atoms with Crippen LogP contribution in [-0.2, 0) is 4.79 Å². The Morgan fingerprint density at radius 1 is 1.28 bits per heavy atom. The number of fused-ring (bicyclic) bond motifs is 1. The highest BCUT2D eigenvalue weighted by atomic mass is 79.9. The van der Waals surface area contributed by atoms with Crippen LogP contribution in [0, 0.1) is 0 Å². The number of rotatable bonds is 1. The third kappa shape index (κ3) is 2.21. The van der Waals surface area contributed by atoms with E-state index in [-0.39, 0.29) is 11.9 Å². The van der Waals surface area contributed by atoms with Crippen molar-refractivity contribution in [1.29, 1.82) is 0 Å². The molecule has 96 valence electrons. The Kier molecular flexibility index (Phi) is 3.20. The number of amides is 1. The number of halogens is 1. The molecule has 0 bridgehead atoms. The Morgan fingerprint density at radius 3 is 2.78 bits per heavy atom. The molecule has 1 saturated heterocycles. The van der Waals surface area contributed by atoms with Crippen LogP contribution in [0.3, 0.4) is 0 Å². The number of aromatic nitrogens is 2. The summed E-state index contributed by atoms with van der Waals surface area (Å²) >= 11 is 3.33. The summed E-state index contributed by atoms with van der Waals surface area (Å²) in [6.45, 7) is 0.364. The van der Waals surface area contributed by atoms with Gasteiger partial charge in [-0.1, -0.05) is 12.8 Å². The Hall–Kier alpha value is -1.17. The lowest BCUT2D eigenvalue weighted by Crippen LogP contribution is -2.62. The molecule has 0 unspecified atom stereocenters. The molecule has 1 N–H and O–H groups in total. The lowest BCUT2D eigenvalue weighted by molar-refractivity contribution is -0.122. The van der Waals surface area contributed by atoms with Gasteiger partial charge in [-0.3, -0.25) is 4.79 Å². The largest absolute Gasteiger partial charge is 0.350 e. The maximum Gasteiger partial charge on any atom is 0.239 e. The molecule has 1 aromatic heterocycles. The first-order chi connectivity index (χ1) is 8.74. The summed E-state index contributed by atoms with van der Waals surface area (Å²) in [6, 6.07) is 0.602. The monoisotopic (exact) mass is 310 g/mol. The summed E-state index contributed by atoms with van der Waals surface area (Å²) in [7, 11) is 0. The first-order valence-electron chi connectivity index (χ1n) is 6.27. The van der Waals surface area contributed by atoms with Crippen molar-refractivity contribution in [2.75, 3.05) is 11.4 Å². The summed E-state index contributed by atoms with van der Waals surface area (Å²) < 4.78 is 0.855. The van der Waals surface area contributed by atoms with Gasteiger partial charge in [0.25, 0.3) is 0 Å². The van der Waals surface area contributed by atoms with Crippen molar-refractivity contribution < 1.29 is 4.79 Å². The van der Waals surface area contributed by atoms with E-state index >= 15 is 0 Å². The molecule has 1 aromatic rings. The molecule has 2 aliphatic rings. The predicted molar refractivity (Wildman–Crippen MR) is 71.3 cm³/mol. The van der Waals surface area contributed by atoms with E-state index in [2.05, 4.69) is 36.1 Å². The first kappa shape index (κ1) is 11.9. The summed E-state index contributed by atoms with van der Waals surface area (Å²) in [5.41, 5.74) is 0. The fourth-order valence-corrected chi connectivity index (χ4v) is 3.05. The molecule has 18 heavy (non-hydrogen) atoms. The van der Waals surface area contributed by atoms with Gasteiger partial charge >= 0.3 is 0 Å². The van der Waals surface area contributed by atoms with Gasteiger partial charge in [0, 0.05) is 18.4 Å². The standard InChI is InChI=1S/C12H15BrN4O/c13-8-5-14-12(15-6-8)17-7-11(18)16-9-3-1-2-4-10(9)17/h5-6,9-10H,1-4,7H2,(H,16,18)/t9-,10-/m1/s1. The molecule has 2 atom stereocenters. The van der Waals surface area contributed by atoms with Crippen LogP contribution in [0.4, 0.5) is 5.95 Å². The quantitative estimate of drug-likeness (QED) is 0.854. The van der Waals surface area contributed by atoms with E-state index in [4.69, 9.17) is 0 Å². The molecule has 1 aliphatic carbocycles. The Balaban J connectivity index is 1.88. The van der Waals surface area contributed by atoms with Gasteiger partial charge in [0.1, 0.15) is 6.54 Å². The van der Waals surface area contributed by atoms with Crippen LogP contribution in [0.15, 0.2) is 16.9 Å². The van der Waals surface area contributed by atoms with Crippen molar-refractivity contribution in [1.82, 2.24) is 15.3 Å². The normalized spacial score (nSPS) is 27.6. The molecule has 1 aliphatic heterocycles. The predicted octanol–water partition coefficient (Wildman–Crippen LogP) is 1.49. The minimum absolute atomic E-state index is 0.0738. The zero-order chi connectivity index (χ0) is 12.5. The molecular weight excluding hydrogens is 296 g/mol. The highest BCUT2D eigenvalue weighted by Crippen LogP contribution is 2.28. The molecule has 2 heterocycles. The molecule has 3 rings (SSSR count). The van der Waals surface area contributed by atoms with Gasteiger partial charge in [0.05, 0.1) is 10.5 Å². The van der Waals surface area contributed by atoms with E-state index in [0.717, 1.165) is 17.3 Å². The molecule has 0 spiro atoms. The molecule has 1 amide bonds. The van der Waals surface area contributed by atoms with Gasteiger partial charge < -0.3 is 10.2 Å². The van der Waals surface area contributed by atoms with E-state index < -0.39 is 0 Å². The van der Waals surface area contributed by atoms with Gasteiger partial charge in [-0.2, -0.15) is 0 Å². The van der Waals surface area contributed by atoms with Gasteiger partial charge in [-0.05, 0) is 28.8 Å². The van der Waals surface area contributed by atoms with Crippen LogP contribution in [0.5, 0.6) is 0 Å². The minimum Gasteiger partial charge on any atom is -0.350 e. The zero-order valence-electron chi connectivity index (χ0n) is 9.97. The molecule has 5 nitrogen and oxygen atoms in total. The van der Waals surface area contributed by atoms with E-state index in [9.17, 15) is 4.79 Å². The molecule has 0 radical (unpaired) electrons. The zero-order valence-corrected chi connectivity index (χ0v) is 11.6. The third-order valence-electron chi connectivity index (χ3n) is 3.65. The van der Waals surface area contributed by atoms with Gasteiger partial charge in [-0.15, -0.1) is 0 Å². The van der Waals surface area contributed by atoms with E-state index in [1.54, 1.807) is 12.4 Å². The number of carbonyl (C=O) groups excluding carboxylic acids is 1. The highest BCUT2D eigenvalue weighted by Gasteiger charge is 2.37. The number of anilines is 1. The fourth-order valence-electron chi connectivity index (χ4n) is 2.85. The van der Waals surface area contributed by atoms with Crippen molar-refractivity contribution in [2.45, 2.75) is 37.8 Å². The summed E-state index contributed by atoms with van der Waals surface area (Å²) in [4.78, 5) is 22.4. The van der Waals surface area contributed by atoms with Crippen molar-refractivity contribution in [3.05, 3.63) is 16.9 Å². The minimum atomic E-state index is 0.0738. The van der Waals surface area contributed by atoms with E-state index in [1.807, 2.05) is 0 Å². The highest BCUT2D eigenvalue weighted by molar-refractivity contribution is 9.10. The van der Waals surface area contributed by atoms with Crippen LogP contribution in [-0.4, -0.2) is 34.5 Å². The van der Waals surface area contributed by atoms with Crippen LogP contribution in [0.25, 0.3) is 0 Å². The second-order valence-corrected chi connectivity index (χ2v) is 5.77. The number of hydrogen-bond donors (Lipinski definition) is 1. The van der Waals surface area contributed by atoms with Crippen molar-refractivity contribution >= 4 is 27.8 Å². The number of hydrogen-bond acceptors (Lipinski definition) is 4. The molecule has 1 saturated carbocycles. The Morgan fingerprint density at radius 2 is 2.00 bits per heavy atom. The summed E-state index contributed by atoms with van der Waals surface area (Å²) in [6.07, 6.45) is 8.02. The van der Waals surface area contributed by atoms with Gasteiger partial charge in [0.2, 0.25) is 11.9 Å². The van der Waals surface area contributed by atoms with Crippen LogP contribution < -0.4 is 10.2 Å². The van der Waals surface area contributed by atoms with E-state index in [0.29, 0.717) is 18.5 Å². The SMILES string of the molecule is O=C1CN(c2ncc(Br)cn2)[C@@H]2CCCC[C@H]2N1. The third-order valence-corrected chi connectivity index (χ3v) is 4.06. The Bertz CT molecular complexity index is 450. The number of piperazine rings is 1.